The van der Waals surface area contributed by atoms with Crippen molar-refractivity contribution in [2.24, 2.45) is 0 Å². The van der Waals surface area contributed by atoms with Gasteiger partial charge in [-0.25, -0.2) is 4.68 Å². The Morgan fingerprint density at radius 3 is 2.55 bits per heavy atom. The fourth-order valence-corrected chi connectivity index (χ4v) is 3.84. The van der Waals surface area contributed by atoms with E-state index in [4.69, 9.17) is 9.84 Å². The van der Waals surface area contributed by atoms with Crippen LogP contribution < -0.4 is 5.32 Å². The Morgan fingerprint density at radius 1 is 1.07 bits per heavy atom. The van der Waals surface area contributed by atoms with E-state index in [0.717, 1.165) is 49.7 Å². The van der Waals surface area contributed by atoms with Gasteiger partial charge in [0.1, 0.15) is 0 Å². The summed E-state index contributed by atoms with van der Waals surface area (Å²) in [6.45, 7) is 4.90. The van der Waals surface area contributed by atoms with Crippen LogP contribution in [0.5, 0.6) is 0 Å². The maximum Gasteiger partial charge on any atom is 0.0973 e. The van der Waals surface area contributed by atoms with Crippen LogP contribution in [0.1, 0.15) is 18.4 Å². The number of hydrogen-bond donors (Lipinski definition) is 1. The molecule has 6 heteroatoms. The third-order valence-electron chi connectivity index (χ3n) is 5.54. The molecular weight excluding hydrogens is 362 g/mol. The fraction of sp³-hybridized carbons (Fsp3) is 0.391. The zero-order valence-electron chi connectivity index (χ0n) is 17.0. The lowest BCUT2D eigenvalue weighted by atomic mass is 10.0. The van der Waals surface area contributed by atoms with Crippen molar-refractivity contribution < 1.29 is 4.74 Å². The largest absolute Gasteiger partial charge is 0.383 e. The Labute approximate surface area is 172 Å². The molecule has 0 atom stereocenters. The molecule has 6 nitrogen and oxygen atoms in total. The Bertz CT molecular complexity index is 873. The number of likely N-dealkylation sites (tertiary alicyclic amines) is 1. The summed E-state index contributed by atoms with van der Waals surface area (Å²) in [7, 11) is 1.77. The van der Waals surface area contributed by atoms with Gasteiger partial charge in [0, 0.05) is 56.0 Å². The minimum Gasteiger partial charge on any atom is -0.383 e. The van der Waals surface area contributed by atoms with E-state index in [-0.39, 0.29) is 0 Å². The molecule has 0 saturated carbocycles. The molecule has 1 fully saturated rings. The molecule has 1 aliphatic rings. The van der Waals surface area contributed by atoms with Crippen molar-refractivity contribution in [2.45, 2.75) is 25.4 Å². The highest BCUT2D eigenvalue weighted by molar-refractivity contribution is 5.62. The minimum atomic E-state index is 0.541. The van der Waals surface area contributed by atoms with Gasteiger partial charge < -0.3 is 15.0 Å². The molecule has 1 aromatic carbocycles. The van der Waals surface area contributed by atoms with Gasteiger partial charge in [0.25, 0.3) is 0 Å². The Hall–Kier alpha value is -2.54. The first-order chi connectivity index (χ1) is 14.3. The highest BCUT2D eigenvalue weighted by atomic mass is 16.5. The summed E-state index contributed by atoms with van der Waals surface area (Å²) in [4.78, 5) is 6.63. The van der Waals surface area contributed by atoms with Gasteiger partial charge in [-0.15, -0.1) is 0 Å². The number of rotatable bonds is 8. The molecule has 0 aliphatic carbocycles. The van der Waals surface area contributed by atoms with E-state index >= 15 is 0 Å². The number of methoxy groups -OCH3 is 1. The molecule has 152 valence electrons. The third kappa shape index (κ3) is 5.09. The number of nitrogens with zero attached hydrogens (tertiary/aromatic N) is 4. The first kappa shape index (κ1) is 19.8. The van der Waals surface area contributed by atoms with Crippen molar-refractivity contribution >= 4 is 0 Å². The molecule has 0 amide bonds. The van der Waals surface area contributed by atoms with Crippen LogP contribution in [-0.4, -0.2) is 59.1 Å². The molecule has 0 unspecified atom stereocenters. The van der Waals surface area contributed by atoms with E-state index in [9.17, 15) is 0 Å². The molecule has 29 heavy (non-hydrogen) atoms. The van der Waals surface area contributed by atoms with Gasteiger partial charge in [0.15, 0.2) is 0 Å². The SMILES string of the molecule is COCCN1CCC(NCc2cn(-c3ccccc3)nc2-c2ccncc2)CC1. The van der Waals surface area contributed by atoms with E-state index < -0.39 is 0 Å². The first-order valence-electron chi connectivity index (χ1n) is 10.3. The lowest BCUT2D eigenvalue weighted by Crippen LogP contribution is -2.43. The van der Waals surface area contributed by atoms with E-state index in [1.165, 1.54) is 18.4 Å². The highest BCUT2D eigenvalue weighted by Crippen LogP contribution is 2.23. The maximum absolute atomic E-state index is 5.20. The maximum atomic E-state index is 5.20. The number of pyridine rings is 1. The van der Waals surface area contributed by atoms with E-state index in [1.54, 1.807) is 7.11 Å². The second-order valence-electron chi connectivity index (χ2n) is 7.51. The molecule has 2 aromatic heterocycles. The molecule has 4 rings (SSSR count). The van der Waals surface area contributed by atoms with Crippen molar-refractivity contribution in [1.82, 2.24) is 25.0 Å². The second-order valence-corrected chi connectivity index (χ2v) is 7.51. The van der Waals surface area contributed by atoms with Crippen LogP contribution in [0.3, 0.4) is 0 Å². The molecule has 0 spiro atoms. The predicted molar refractivity (Wildman–Crippen MR) is 115 cm³/mol. The van der Waals surface area contributed by atoms with Gasteiger partial charge in [-0.3, -0.25) is 4.98 Å². The minimum absolute atomic E-state index is 0.541. The van der Waals surface area contributed by atoms with Gasteiger partial charge in [-0.2, -0.15) is 5.10 Å². The first-order valence-corrected chi connectivity index (χ1v) is 10.3. The zero-order valence-corrected chi connectivity index (χ0v) is 17.0. The normalized spacial score (nSPS) is 15.6. The molecule has 3 aromatic rings. The Morgan fingerprint density at radius 2 is 1.83 bits per heavy atom. The van der Waals surface area contributed by atoms with Crippen molar-refractivity contribution in [2.75, 3.05) is 33.4 Å². The van der Waals surface area contributed by atoms with Gasteiger partial charge in [0.05, 0.1) is 18.0 Å². The van der Waals surface area contributed by atoms with Crippen LogP contribution in [0.25, 0.3) is 16.9 Å². The van der Waals surface area contributed by atoms with Crippen LogP contribution >= 0.6 is 0 Å². The fourth-order valence-electron chi connectivity index (χ4n) is 3.84. The third-order valence-corrected chi connectivity index (χ3v) is 5.54. The average molecular weight is 392 g/mol. The summed E-state index contributed by atoms with van der Waals surface area (Å²) in [6, 6.07) is 14.9. The molecular formula is C23H29N5O. The number of nitrogens with one attached hydrogen (secondary N) is 1. The number of para-hydroxylation sites is 1. The lowest BCUT2D eigenvalue weighted by Gasteiger charge is -2.32. The van der Waals surface area contributed by atoms with Gasteiger partial charge in [0.2, 0.25) is 0 Å². The summed E-state index contributed by atoms with van der Waals surface area (Å²) in [5.41, 5.74) is 4.39. The highest BCUT2D eigenvalue weighted by Gasteiger charge is 2.20. The summed E-state index contributed by atoms with van der Waals surface area (Å²) in [5.74, 6) is 0. The number of hydrogen-bond acceptors (Lipinski definition) is 5. The number of piperidine rings is 1. The van der Waals surface area contributed by atoms with Gasteiger partial charge in [-0.1, -0.05) is 18.2 Å². The predicted octanol–water partition coefficient (Wildman–Crippen LogP) is 3.13. The molecule has 1 saturated heterocycles. The van der Waals surface area contributed by atoms with Crippen LogP contribution in [0.15, 0.2) is 61.1 Å². The molecule has 1 aliphatic heterocycles. The average Bonchev–Trinajstić information content (AvgIpc) is 3.22. The van der Waals surface area contributed by atoms with Gasteiger partial charge >= 0.3 is 0 Å². The molecule has 3 heterocycles. The molecule has 0 bridgehead atoms. The smallest absolute Gasteiger partial charge is 0.0973 e. The lowest BCUT2D eigenvalue weighted by molar-refractivity contribution is 0.126. The van der Waals surface area contributed by atoms with Crippen molar-refractivity contribution in [1.29, 1.82) is 0 Å². The van der Waals surface area contributed by atoms with E-state index in [1.807, 2.05) is 47.4 Å². The van der Waals surface area contributed by atoms with Crippen molar-refractivity contribution in [3.63, 3.8) is 0 Å². The monoisotopic (exact) mass is 391 g/mol. The summed E-state index contributed by atoms with van der Waals surface area (Å²) >= 11 is 0. The molecule has 0 radical (unpaired) electrons. The van der Waals surface area contributed by atoms with Crippen LogP contribution in [0, 0.1) is 0 Å². The summed E-state index contributed by atoms with van der Waals surface area (Å²) in [6.07, 6.45) is 8.13. The van der Waals surface area contributed by atoms with Crippen molar-refractivity contribution in [3.8, 4) is 16.9 Å². The summed E-state index contributed by atoms with van der Waals surface area (Å²) in [5, 5.41) is 8.65. The number of benzene rings is 1. The standard InChI is InChI=1S/C23H29N5O/c1-29-16-15-27-13-9-21(10-14-27)25-17-20-18-28(22-5-3-2-4-6-22)26-23(20)19-7-11-24-12-8-19/h2-8,11-12,18,21,25H,9-10,13-17H2,1H3. The van der Waals surface area contributed by atoms with E-state index in [0.29, 0.717) is 6.04 Å². The topological polar surface area (TPSA) is 55.2 Å². The van der Waals surface area contributed by atoms with E-state index in [2.05, 4.69) is 33.5 Å². The van der Waals surface area contributed by atoms with Gasteiger partial charge in [-0.05, 0) is 50.2 Å². The van der Waals surface area contributed by atoms with Crippen LogP contribution in [-0.2, 0) is 11.3 Å². The van der Waals surface area contributed by atoms with Crippen molar-refractivity contribution in [3.05, 3.63) is 66.6 Å². The van der Waals surface area contributed by atoms with Crippen LogP contribution in [0.2, 0.25) is 0 Å². The quantitative estimate of drug-likeness (QED) is 0.639. The second kappa shape index (κ2) is 9.78. The zero-order chi connectivity index (χ0) is 19.9. The Kier molecular flexibility index (Phi) is 6.67. The summed E-state index contributed by atoms with van der Waals surface area (Å²) < 4.78 is 7.17. The number of ether oxygens (including phenoxy) is 1. The number of aromatic nitrogens is 3. The van der Waals surface area contributed by atoms with Crippen LogP contribution in [0.4, 0.5) is 0 Å². The molecule has 1 N–H and O–H groups in total. The Balaban J connectivity index is 1.46.